The lowest BCUT2D eigenvalue weighted by Crippen LogP contribution is -2.54. The predicted octanol–water partition coefficient (Wildman–Crippen LogP) is 6.26. The van der Waals surface area contributed by atoms with Crippen LogP contribution in [0.15, 0.2) is 48.7 Å². The molecule has 8 rings (SSSR count). The third kappa shape index (κ3) is 7.26. The van der Waals surface area contributed by atoms with E-state index < -0.39 is 36.3 Å². The van der Waals surface area contributed by atoms with Gasteiger partial charge in [0.25, 0.3) is 0 Å². The molecule has 0 radical (unpaired) electrons. The molecule has 2 saturated heterocycles. The van der Waals surface area contributed by atoms with Gasteiger partial charge in [0, 0.05) is 23.0 Å². The van der Waals surface area contributed by atoms with Crippen molar-refractivity contribution in [2.24, 2.45) is 5.92 Å². The fourth-order valence-electron chi connectivity index (χ4n) is 9.13. The molecule has 3 aliphatic rings. The van der Waals surface area contributed by atoms with Crippen LogP contribution in [-0.4, -0.2) is 103 Å². The minimum atomic E-state index is -1.16. The number of likely N-dealkylation sites (tertiary alicyclic amines) is 2. The summed E-state index contributed by atoms with van der Waals surface area (Å²) in [6.45, 7) is 9.60. The molecule has 5 aromatic rings. The third-order valence-corrected chi connectivity index (χ3v) is 12.4. The zero-order valence-corrected chi connectivity index (χ0v) is 34.9. The van der Waals surface area contributed by atoms with Crippen LogP contribution in [0.5, 0.6) is 5.75 Å². The fourth-order valence-corrected chi connectivity index (χ4v) is 9.13. The second kappa shape index (κ2) is 16.1. The molecule has 0 saturated carbocycles. The Kier molecular flexibility index (Phi) is 10.9. The first-order valence-electron chi connectivity index (χ1n) is 20.6. The first kappa shape index (κ1) is 40.6. The summed E-state index contributed by atoms with van der Waals surface area (Å²) < 4.78 is 15.9. The van der Waals surface area contributed by atoms with Gasteiger partial charge in [0.05, 0.1) is 55.3 Å². The van der Waals surface area contributed by atoms with Crippen molar-refractivity contribution in [2.75, 3.05) is 14.2 Å². The summed E-state index contributed by atoms with van der Waals surface area (Å²) in [7, 11) is 2.50. The van der Waals surface area contributed by atoms with E-state index in [1.165, 1.54) is 21.1 Å². The molecule has 316 valence electrons. The number of aliphatic hydroxyl groups excluding tert-OH is 1. The lowest BCUT2D eigenvalue weighted by Gasteiger charge is -2.32. The molecule has 0 spiro atoms. The number of methoxy groups -OCH3 is 2. The molecule has 2 aromatic heterocycles. The summed E-state index contributed by atoms with van der Waals surface area (Å²) in [5.41, 5.74) is 6.41. The number of H-pyrrole nitrogens is 2. The molecule has 5 N–H and O–H groups in total. The Morgan fingerprint density at radius 3 is 2.12 bits per heavy atom. The SMILES string of the molecule is COC(=O)N[C@H](C(=O)N1C(c2nc3ccc4cc5c(cc4c3[nH]2)OCc2cc(-c3cnc([C@@H]4CC[C@H](C)N4C(=O)[C@@H](NC(=O)OC)[C@@H](C)O)[nH]3)ccc2-5)CC[C@@H]1C)C(C)C. The van der Waals surface area contributed by atoms with Crippen LogP contribution in [-0.2, 0) is 25.7 Å². The number of carbonyl (C=O) groups is 4. The van der Waals surface area contributed by atoms with E-state index in [4.69, 9.17) is 24.2 Å². The summed E-state index contributed by atoms with van der Waals surface area (Å²) in [6, 6.07) is 11.8. The highest BCUT2D eigenvalue weighted by molar-refractivity contribution is 6.07. The van der Waals surface area contributed by atoms with Crippen molar-refractivity contribution in [3.63, 3.8) is 0 Å². The maximum absolute atomic E-state index is 14.0. The van der Waals surface area contributed by atoms with Gasteiger partial charge in [-0.15, -0.1) is 0 Å². The van der Waals surface area contributed by atoms with Gasteiger partial charge in [-0.2, -0.15) is 0 Å². The average Bonchev–Trinajstić information content (AvgIpc) is 4.06. The Hall–Kier alpha value is -6.16. The van der Waals surface area contributed by atoms with Crippen molar-refractivity contribution >= 4 is 45.8 Å². The Bertz CT molecular complexity index is 2480. The standard InChI is InChI=1S/C44H52N8O8/c1-21(2)36(49-43(56)58-6)41(54)52-23(4)9-15-34(52)40-46-31-13-11-25-17-30-28-12-10-26(16-27(28)20-60-35(30)18-29(25)38(31)48-40)32-19-45-39(47-32)33-14-8-22(3)51(33)42(55)37(24(5)53)50-44(57)59-7/h10-13,16-19,21-24,33-34,36-37,53H,8-9,14-15,20H2,1-7H3,(H,45,47)(H,46,48)(H,49,56)(H,50,57)/t22-,23-,24+,33-,34?,36-,37-/m0/s1. The number of amides is 4. The molecular weight excluding hydrogens is 769 g/mol. The second-order valence-electron chi connectivity index (χ2n) is 16.6. The van der Waals surface area contributed by atoms with E-state index in [9.17, 15) is 24.3 Å². The molecule has 1 unspecified atom stereocenters. The van der Waals surface area contributed by atoms with E-state index in [2.05, 4.69) is 50.9 Å². The van der Waals surface area contributed by atoms with Gasteiger partial charge in [-0.3, -0.25) is 9.59 Å². The molecular formula is C44H52N8O8. The van der Waals surface area contributed by atoms with Crippen molar-refractivity contribution in [2.45, 2.75) is 109 Å². The smallest absolute Gasteiger partial charge is 0.407 e. The highest BCUT2D eigenvalue weighted by atomic mass is 16.5. The number of ether oxygens (including phenoxy) is 3. The Morgan fingerprint density at radius 2 is 1.47 bits per heavy atom. The highest BCUT2D eigenvalue weighted by Gasteiger charge is 2.43. The minimum Gasteiger partial charge on any atom is -0.488 e. The van der Waals surface area contributed by atoms with Crippen LogP contribution in [0.3, 0.4) is 0 Å². The monoisotopic (exact) mass is 820 g/mol. The summed E-state index contributed by atoms with van der Waals surface area (Å²) in [5.74, 6) is 1.39. The van der Waals surface area contributed by atoms with E-state index in [0.29, 0.717) is 24.7 Å². The molecule has 7 atom stereocenters. The topological polar surface area (TPSA) is 204 Å². The number of fused-ring (bicyclic) bond motifs is 6. The van der Waals surface area contributed by atoms with Crippen molar-refractivity contribution in [3.05, 3.63) is 65.9 Å². The van der Waals surface area contributed by atoms with E-state index in [1.54, 1.807) is 11.1 Å². The Balaban J connectivity index is 1.05. The Labute approximate surface area is 347 Å². The van der Waals surface area contributed by atoms with Crippen LogP contribution >= 0.6 is 0 Å². The van der Waals surface area contributed by atoms with Crippen LogP contribution in [0.2, 0.25) is 0 Å². The fraction of sp³-hybridized carbons (Fsp3) is 0.455. The summed E-state index contributed by atoms with van der Waals surface area (Å²) >= 11 is 0. The lowest BCUT2D eigenvalue weighted by molar-refractivity contribution is -0.139. The number of carbonyl (C=O) groups excluding carboxylic acids is 4. The van der Waals surface area contributed by atoms with Crippen LogP contribution in [0.1, 0.15) is 89.6 Å². The van der Waals surface area contributed by atoms with Gasteiger partial charge in [0.2, 0.25) is 11.8 Å². The maximum atomic E-state index is 14.0. The van der Waals surface area contributed by atoms with Gasteiger partial charge >= 0.3 is 12.2 Å². The third-order valence-electron chi connectivity index (χ3n) is 12.4. The van der Waals surface area contributed by atoms with Gasteiger partial charge in [-0.25, -0.2) is 19.6 Å². The van der Waals surface area contributed by atoms with Crippen molar-refractivity contribution in [3.8, 4) is 28.1 Å². The molecule has 60 heavy (non-hydrogen) atoms. The van der Waals surface area contributed by atoms with Crippen LogP contribution in [0.25, 0.3) is 44.2 Å². The lowest BCUT2D eigenvalue weighted by atomic mass is 9.92. The molecule has 16 nitrogen and oxygen atoms in total. The summed E-state index contributed by atoms with van der Waals surface area (Å²) in [4.78, 5) is 72.0. The number of rotatable bonds is 9. The molecule has 5 heterocycles. The minimum absolute atomic E-state index is 0.0331. The van der Waals surface area contributed by atoms with Gasteiger partial charge in [-0.05, 0) is 98.7 Å². The molecule has 4 amide bonds. The zero-order valence-electron chi connectivity index (χ0n) is 34.9. The summed E-state index contributed by atoms with van der Waals surface area (Å²) in [6.07, 6.45) is 2.17. The zero-order chi connectivity index (χ0) is 42.6. The number of benzene rings is 3. The van der Waals surface area contributed by atoms with E-state index in [-0.39, 0.29) is 36.0 Å². The number of aliphatic hydroxyl groups is 1. The molecule has 16 heteroatoms. The molecule has 3 aromatic carbocycles. The number of aromatic amines is 2. The first-order chi connectivity index (χ1) is 28.8. The van der Waals surface area contributed by atoms with Gasteiger partial charge in [0.15, 0.2) is 0 Å². The number of hydrogen-bond donors (Lipinski definition) is 5. The number of alkyl carbamates (subject to hydrolysis) is 2. The molecule has 2 fully saturated rings. The number of aromatic nitrogens is 4. The number of nitrogens with one attached hydrogen (secondary N) is 4. The molecule has 3 aliphatic heterocycles. The van der Waals surface area contributed by atoms with Gasteiger partial charge < -0.3 is 49.7 Å². The average molecular weight is 821 g/mol. The van der Waals surface area contributed by atoms with E-state index >= 15 is 0 Å². The van der Waals surface area contributed by atoms with Crippen LogP contribution in [0.4, 0.5) is 9.59 Å². The maximum Gasteiger partial charge on any atom is 0.407 e. The van der Waals surface area contributed by atoms with Gasteiger partial charge in [0.1, 0.15) is 36.1 Å². The van der Waals surface area contributed by atoms with Crippen molar-refractivity contribution < 1.29 is 38.5 Å². The summed E-state index contributed by atoms with van der Waals surface area (Å²) in [5, 5.41) is 17.6. The van der Waals surface area contributed by atoms with Crippen molar-refractivity contribution in [1.29, 1.82) is 0 Å². The quantitative estimate of drug-likeness (QED) is 0.113. The predicted molar refractivity (Wildman–Crippen MR) is 223 cm³/mol. The number of nitrogens with zero attached hydrogens (tertiary/aromatic N) is 4. The van der Waals surface area contributed by atoms with Crippen LogP contribution < -0.4 is 15.4 Å². The normalized spacial score (nSPS) is 21.3. The second-order valence-corrected chi connectivity index (χ2v) is 16.6. The van der Waals surface area contributed by atoms with E-state index in [0.717, 1.165) is 74.8 Å². The molecule has 0 aliphatic carbocycles. The van der Waals surface area contributed by atoms with E-state index in [1.807, 2.05) is 44.7 Å². The number of imidazole rings is 2. The Morgan fingerprint density at radius 1 is 0.817 bits per heavy atom. The van der Waals surface area contributed by atoms with Crippen molar-refractivity contribution in [1.82, 2.24) is 40.4 Å². The largest absolute Gasteiger partial charge is 0.488 e. The highest BCUT2D eigenvalue weighted by Crippen LogP contribution is 2.44. The van der Waals surface area contributed by atoms with Gasteiger partial charge in [-0.1, -0.05) is 32.0 Å². The number of hydrogen-bond acceptors (Lipinski definition) is 10. The first-order valence-corrected chi connectivity index (χ1v) is 20.6. The molecule has 0 bridgehead atoms. The van der Waals surface area contributed by atoms with Crippen LogP contribution in [0, 0.1) is 5.92 Å².